The highest BCUT2D eigenvalue weighted by Gasteiger charge is 2.20. The van der Waals surface area contributed by atoms with Crippen molar-refractivity contribution < 1.29 is 9.90 Å². The molecule has 8 heteroatoms. The van der Waals surface area contributed by atoms with E-state index in [1.807, 2.05) is 20.9 Å². The van der Waals surface area contributed by atoms with Crippen molar-refractivity contribution in [3.05, 3.63) is 29.2 Å². The molecule has 3 N–H and O–H groups in total. The third kappa shape index (κ3) is 1.92. The van der Waals surface area contributed by atoms with Gasteiger partial charge in [0.25, 0.3) is 0 Å². The summed E-state index contributed by atoms with van der Waals surface area (Å²) >= 11 is 0. The van der Waals surface area contributed by atoms with Crippen LogP contribution in [-0.4, -0.2) is 35.5 Å². The molecule has 0 radical (unpaired) electrons. The lowest BCUT2D eigenvalue weighted by Gasteiger charge is -2.07. The number of aromatic carboxylic acids is 1. The van der Waals surface area contributed by atoms with Crippen molar-refractivity contribution in [2.45, 2.75) is 13.8 Å². The SMILES string of the molecule is Cc1nn(C)c(C)c1-c1cn2nc(N)nc2cc1C(=O)O. The van der Waals surface area contributed by atoms with Crippen LogP contribution < -0.4 is 5.73 Å². The Morgan fingerprint density at radius 1 is 1.33 bits per heavy atom. The molecule has 0 unspecified atom stereocenters. The molecule has 0 bridgehead atoms. The second-order valence-corrected chi connectivity index (χ2v) is 4.85. The monoisotopic (exact) mass is 286 g/mol. The van der Waals surface area contributed by atoms with E-state index in [1.165, 1.54) is 10.6 Å². The first-order valence-electron chi connectivity index (χ1n) is 6.28. The fourth-order valence-electron chi connectivity index (χ4n) is 2.48. The van der Waals surface area contributed by atoms with Gasteiger partial charge in [0.2, 0.25) is 5.95 Å². The van der Waals surface area contributed by atoms with Crippen molar-refractivity contribution in [3.8, 4) is 11.1 Å². The standard InChI is InChI=1S/C13H14N6O2/c1-6-11(7(2)18(3)16-6)9-5-19-10(15-13(14)17-19)4-8(9)12(20)21/h4-5H,1-3H3,(H2,14,17)(H,20,21). The molecule has 0 atom stereocenters. The fraction of sp³-hybridized carbons (Fsp3) is 0.231. The van der Waals surface area contributed by atoms with Gasteiger partial charge in [-0.3, -0.25) is 4.68 Å². The molecule has 0 saturated heterocycles. The minimum absolute atomic E-state index is 0.100. The van der Waals surface area contributed by atoms with E-state index in [0.717, 1.165) is 17.0 Å². The number of nitrogens with two attached hydrogens (primary N) is 1. The lowest BCUT2D eigenvalue weighted by atomic mass is 10.0. The van der Waals surface area contributed by atoms with E-state index in [2.05, 4.69) is 15.2 Å². The molecule has 3 aromatic heterocycles. The van der Waals surface area contributed by atoms with Gasteiger partial charge < -0.3 is 10.8 Å². The second kappa shape index (κ2) is 4.30. The van der Waals surface area contributed by atoms with Crippen LogP contribution in [0.15, 0.2) is 12.3 Å². The number of nitrogen functional groups attached to an aromatic ring is 1. The quantitative estimate of drug-likeness (QED) is 0.727. The van der Waals surface area contributed by atoms with Crippen LogP contribution in [0.3, 0.4) is 0 Å². The first-order valence-corrected chi connectivity index (χ1v) is 6.28. The van der Waals surface area contributed by atoms with Gasteiger partial charge in [-0.2, -0.15) is 10.1 Å². The van der Waals surface area contributed by atoms with Gasteiger partial charge in [0.15, 0.2) is 5.65 Å². The molecule has 0 fully saturated rings. The summed E-state index contributed by atoms with van der Waals surface area (Å²) in [5, 5.41) is 17.8. The van der Waals surface area contributed by atoms with Crippen molar-refractivity contribution in [2.75, 3.05) is 5.73 Å². The normalized spacial score (nSPS) is 11.2. The molecule has 0 aliphatic rings. The number of rotatable bonds is 2. The van der Waals surface area contributed by atoms with Gasteiger partial charge in [-0.05, 0) is 19.9 Å². The molecule has 0 aromatic carbocycles. The van der Waals surface area contributed by atoms with Crippen molar-refractivity contribution in [1.29, 1.82) is 0 Å². The molecular weight excluding hydrogens is 272 g/mol. The van der Waals surface area contributed by atoms with Crippen LogP contribution in [-0.2, 0) is 7.05 Å². The highest BCUT2D eigenvalue weighted by atomic mass is 16.4. The topological polar surface area (TPSA) is 111 Å². The third-order valence-corrected chi connectivity index (χ3v) is 3.50. The number of carboxylic acids is 1. The summed E-state index contributed by atoms with van der Waals surface area (Å²) in [6, 6.07) is 1.47. The molecule has 8 nitrogen and oxygen atoms in total. The summed E-state index contributed by atoms with van der Waals surface area (Å²) in [6.45, 7) is 3.73. The summed E-state index contributed by atoms with van der Waals surface area (Å²) in [6.07, 6.45) is 1.62. The number of carbonyl (C=O) groups is 1. The predicted molar refractivity (Wildman–Crippen MR) is 76.0 cm³/mol. The third-order valence-electron chi connectivity index (χ3n) is 3.50. The van der Waals surface area contributed by atoms with Gasteiger partial charge in [0.1, 0.15) is 0 Å². The Balaban J connectivity index is 2.39. The smallest absolute Gasteiger partial charge is 0.336 e. The summed E-state index contributed by atoms with van der Waals surface area (Å²) in [5.41, 5.74) is 9.07. The van der Waals surface area contributed by atoms with Crippen LogP contribution in [0.4, 0.5) is 5.95 Å². The molecule has 0 saturated carbocycles. The highest BCUT2D eigenvalue weighted by molar-refractivity contribution is 5.97. The van der Waals surface area contributed by atoms with Gasteiger partial charge in [-0.25, -0.2) is 9.31 Å². The number of nitrogens with zero attached hydrogens (tertiary/aromatic N) is 5. The summed E-state index contributed by atoms with van der Waals surface area (Å²) in [5.74, 6) is -0.931. The van der Waals surface area contributed by atoms with Crippen LogP contribution >= 0.6 is 0 Å². The summed E-state index contributed by atoms with van der Waals surface area (Å²) < 4.78 is 3.19. The molecule has 3 rings (SSSR count). The minimum atomic E-state index is -1.03. The Labute approximate surface area is 119 Å². The average Bonchev–Trinajstić information content (AvgIpc) is 2.87. The Morgan fingerprint density at radius 3 is 2.62 bits per heavy atom. The van der Waals surface area contributed by atoms with Gasteiger partial charge in [0, 0.05) is 30.1 Å². The molecule has 0 amide bonds. The number of hydrogen-bond acceptors (Lipinski definition) is 5. The number of pyridine rings is 1. The van der Waals surface area contributed by atoms with E-state index in [4.69, 9.17) is 5.73 Å². The van der Waals surface area contributed by atoms with Gasteiger partial charge >= 0.3 is 5.97 Å². The van der Waals surface area contributed by atoms with Crippen LogP contribution in [0.2, 0.25) is 0 Å². The van der Waals surface area contributed by atoms with Gasteiger partial charge in [-0.15, -0.1) is 5.10 Å². The summed E-state index contributed by atoms with van der Waals surface area (Å²) in [7, 11) is 1.82. The number of aromatic nitrogens is 5. The number of hydrogen-bond donors (Lipinski definition) is 2. The zero-order chi connectivity index (χ0) is 15.3. The van der Waals surface area contributed by atoms with E-state index in [-0.39, 0.29) is 11.5 Å². The molecule has 3 aromatic rings. The minimum Gasteiger partial charge on any atom is -0.478 e. The van der Waals surface area contributed by atoms with E-state index in [9.17, 15) is 9.90 Å². The molecule has 21 heavy (non-hydrogen) atoms. The maximum atomic E-state index is 11.6. The van der Waals surface area contributed by atoms with Crippen molar-refractivity contribution >= 4 is 17.6 Å². The van der Waals surface area contributed by atoms with Gasteiger partial charge in [-0.1, -0.05) is 0 Å². The maximum absolute atomic E-state index is 11.6. The lowest BCUT2D eigenvalue weighted by Crippen LogP contribution is -2.04. The number of aryl methyl sites for hydroxylation is 2. The lowest BCUT2D eigenvalue weighted by molar-refractivity contribution is 0.0697. The van der Waals surface area contributed by atoms with E-state index in [1.54, 1.807) is 10.9 Å². The van der Waals surface area contributed by atoms with Crippen molar-refractivity contribution in [1.82, 2.24) is 24.4 Å². The predicted octanol–water partition coefficient (Wildman–Crippen LogP) is 1.03. The fourth-order valence-corrected chi connectivity index (χ4v) is 2.48. The Hall–Kier alpha value is -2.90. The van der Waals surface area contributed by atoms with E-state index in [0.29, 0.717) is 11.2 Å². The van der Waals surface area contributed by atoms with Crippen molar-refractivity contribution in [3.63, 3.8) is 0 Å². The molecular formula is C13H14N6O2. The highest BCUT2D eigenvalue weighted by Crippen LogP contribution is 2.30. The zero-order valence-electron chi connectivity index (χ0n) is 11.8. The van der Waals surface area contributed by atoms with Crippen molar-refractivity contribution in [2.24, 2.45) is 7.05 Å². The molecule has 0 aliphatic heterocycles. The van der Waals surface area contributed by atoms with Crippen LogP contribution in [0.5, 0.6) is 0 Å². The van der Waals surface area contributed by atoms with Crippen LogP contribution in [0, 0.1) is 13.8 Å². The first kappa shape index (κ1) is 13.1. The Kier molecular flexibility index (Phi) is 2.68. The van der Waals surface area contributed by atoms with Gasteiger partial charge in [0.05, 0.1) is 11.3 Å². The zero-order valence-corrected chi connectivity index (χ0v) is 11.8. The maximum Gasteiger partial charge on any atom is 0.336 e. The molecule has 0 aliphatic carbocycles. The van der Waals surface area contributed by atoms with Crippen LogP contribution in [0.1, 0.15) is 21.7 Å². The van der Waals surface area contributed by atoms with E-state index < -0.39 is 5.97 Å². The van der Waals surface area contributed by atoms with E-state index >= 15 is 0 Å². The average molecular weight is 286 g/mol. The molecule has 108 valence electrons. The second-order valence-electron chi connectivity index (χ2n) is 4.85. The van der Waals surface area contributed by atoms with Crippen LogP contribution in [0.25, 0.3) is 16.8 Å². The number of fused-ring (bicyclic) bond motifs is 1. The number of anilines is 1. The molecule has 0 spiro atoms. The summed E-state index contributed by atoms with van der Waals surface area (Å²) in [4.78, 5) is 15.5. The Bertz CT molecular complexity index is 877. The largest absolute Gasteiger partial charge is 0.478 e. The first-order chi connectivity index (χ1) is 9.88. The molecule has 3 heterocycles. The Morgan fingerprint density at radius 2 is 2.05 bits per heavy atom. The number of carboxylic acid groups (broad SMARTS) is 1.